The van der Waals surface area contributed by atoms with Crippen LogP contribution < -0.4 is 5.73 Å². The number of amides is 1. The van der Waals surface area contributed by atoms with Crippen LogP contribution in [0.1, 0.15) is 43.5 Å². The Balaban J connectivity index is 2.17. The molecule has 1 amide bonds. The number of halogens is 1. The summed E-state index contributed by atoms with van der Waals surface area (Å²) in [6, 6.07) is 5.46. The Kier molecular flexibility index (Phi) is 4.19. The second-order valence-corrected chi connectivity index (χ2v) is 6.33. The molecule has 1 aromatic carbocycles. The van der Waals surface area contributed by atoms with Gasteiger partial charge in [-0.05, 0) is 42.9 Å². The predicted molar refractivity (Wildman–Crippen MR) is 82.1 cm³/mol. The number of nitrogens with zero attached hydrogens (tertiary/aromatic N) is 1. The molecule has 1 aliphatic heterocycles. The van der Waals surface area contributed by atoms with Crippen molar-refractivity contribution in [3.8, 4) is 0 Å². The van der Waals surface area contributed by atoms with Crippen LogP contribution in [-0.4, -0.2) is 23.9 Å². The summed E-state index contributed by atoms with van der Waals surface area (Å²) >= 11 is 3.36. The van der Waals surface area contributed by atoms with Crippen molar-refractivity contribution in [3.05, 3.63) is 28.2 Å². The number of hydrogen-bond donors (Lipinski definition) is 1. The molecular weight excluding hydrogens is 304 g/mol. The molecule has 1 heterocycles. The van der Waals surface area contributed by atoms with E-state index in [1.54, 1.807) is 12.1 Å². The van der Waals surface area contributed by atoms with Crippen LogP contribution in [0.4, 0.5) is 5.69 Å². The van der Waals surface area contributed by atoms with Gasteiger partial charge in [0, 0.05) is 23.2 Å². The van der Waals surface area contributed by atoms with Crippen LogP contribution >= 0.6 is 15.9 Å². The van der Waals surface area contributed by atoms with E-state index < -0.39 is 0 Å². The first kappa shape index (κ1) is 14.4. The molecule has 1 aromatic rings. The molecule has 0 saturated carbocycles. The number of nitrogens with two attached hydrogens (primary N) is 1. The quantitative estimate of drug-likeness (QED) is 0.862. The molecule has 1 fully saturated rings. The predicted octanol–water partition coefficient (Wildman–Crippen LogP) is 3.68. The van der Waals surface area contributed by atoms with Crippen molar-refractivity contribution < 1.29 is 4.79 Å². The van der Waals surface area contributed by atoms with Gasteiger partial charge in [0.25, 0.3) is 5.91 Å². The lowest BCUT2D eigenvalue weighted by Crippen LogP contribution is -2.32. The Labute approximate surface area is 123 Å². The summed E-state index contributed by atoms with van der Waals surface area (Å²) < 4.78 is 0.902. The standard InChI is InChI=1S/C15H21BrN2O/c1-3-15(4-2)7-8-18(10-15)14(19)12-6-5-11(16)9-13(12)17/h5-6,9H,3-4,7-8,10,17H2,1-2H3. The number of carbonyl (C=O) groups excluding carboxylic acids is 1. The van der Waals surface area contributed by atoms with Crippen molar-refractivity contribution in [2.24, 2.45) is 5.41 Å². The molecule has 0 spiro atoms. The van der Waals surface area contributed by atoms with Crippen LogP contribution in [0, 0.1) is 5.41 Å². The zero-order valence-electron chi connectivity index (χ0n) is 11.6. The monoisotopic (exact) mass is 324 g/mol. The molecule has 1 aliphatic rings. The van der Waals surface area contributed by atoms with Gasteiger partial charge in [-0.15, -0.1) is 0 Å². The maximum atomic E-state index is 12.5. The van der Waals surface area contributed by atoms with Crippen LogP contribution in [0.25, 0.3) is 0 Å². The van der Waals surface area contributed by atoms with Gasteiger partial charge in [0.05, 0.1) is 5.56 Å². The highest BCUT2D eigenvalue weighted by molar-refractivity contribution is 9.10. The number of hydrogen-bond acceptors (Lipinski definition) is 2. The lowest BCUT2D eigenvalue weighted by molar-refractivity contribution is 0.0771. The molecule has 0 unspecified atom stereocenters. The average molecular weight is 325 g/mol. The van der Waals surface area contributed by atoms with Gasteiger partial charge in [0.2, 0.25) is 0 Å². The van der Waals surface area contributed by atoms with E-state index in [1.165, 1.54) is 0 Å². The van der Waals surface area contributed by atoms with Crippen molar-refractivity contribution in [1.29, 1.82) is 0 Å². The Morgan fingerprint density at radius 2 is 2.11 bits per heavy atom. The highest BCUT2D eigenvalue weighted by Gasteiger charge is 2.37. The van der Waals surface area contributed by atoms with E-state index >= 15 is 0 Å². The van der Waals surface area contributed by atoms with Crippen molar-refractivity contribution >= 4 is 27.5 Å². The third-order valence-electron chi connectivity index (χ3n) is 4.47. The van der Waals surface area contributed by atoms with Crippen LogP contribution in [0.2, 0.25) is 0 Å². The summed E-state index contributed by atoms with van der Waals surface area (Å²) in [5, 5.41) is 0. The molecule has 0 aromatic heterocycles. The number of rotatable bonds is 3. The highest BCUT2D eigenvalue weighted by Crippen LogP contribution is 2.37. The lowest BCUT2D eigenvalue weighted by Gasteiger charge is -2.26. The minimum absolute atomic E-state index is 0.0637. The summed E-state index contributed by atoms with van der Waals surface area (Å²) in [7, 11) is 0. The van der Waals surface area contributed by atoms with E-state index in [4.69, 9.17) is 5.73 Å². The van der Waals surface area contributed by atoms with E-state index in [-0.39, 0.29) is 5.91 Å². The van der Waals surface area contributed by atoms with Crippen LogP contribution in [0.15, 0.2) is 22.7 Å². The summed E-state index contributed by atoms with van der Waals surface area (Å²) in [5.41, 5.74) is 7.41. The first-order valence-electron chi connectivity index (χ1n) is 6.85. The number of likely N-dealkylation sites (tertiary alicyclic amines) is 1. The number of carbonyl (C=O) groups is 1. The largest absolute Gasteiger partial charge is 0.398 e. The fourth-order valence-electron chi connectivity index (χ4n) is 2.83. The number of anilines is 1. The highest BCUT2D eigenvalue weighted by atomic mass is 79.9. The molecule has 19 heavy (non-hydrogen) atoms. The zero-order valence-corrected chi connectivity index (χ0v) is 13.2. The van der Waals surface area contributed by atoms with Gasteiger partial charge >= 0.3 is 0 Å². The molecule has 104 valence electrons. The molecule has 1 saturated heterocycles. The molecule has 3 nitrogen and oxygen atoms in total. The molecule has 0 atom stereocenters. The molecule has 0 radical (unpaired) electrons. The Bertz CT molecular complexity index is 483. The molecule has 0 bridgehead atoms. The maximum Gasteiger partial charge on any atom is 0.255 e. The van der Waals surface area contributed by atoms with Gasteiger partial charge in [0.1, 0.15) is 0 Å². The third-order valence-corrected chi connectivity index (χ3v) is 4.96. The molecule has 2 N–H and O–H groups in total. The topological polar surface area (TPSA) is 46.3 Å². The molecular formula is C15H21BrN2O. The number of nitrogen functional groups attached to an aromatic ring is 1. The van der Waals surface area contributed by atoms with E-state index in [0.29, 0.717) is 16.7 Å². The minimum atomic E-state index is 0.0637. The second-order valence-electron chi connectivity index (χ2n) is 5.42. The summed E-state index contributed by atoms with van der Waals surface area (Å²) in [6.45, 7) is 6.13. The second kappa shape index (κ2) is 5.53. The Hall–Kier alpha value is -1.03. The lowest BCUT2D eigenvalue weighted by atomic mass is 9.82. The van der Waals surface area contributed by atoms with Crippen molar-refractivity contribution in [2.75, 3.05) is 18.8 Å². The normalized spacial score (nSPS) is 17.7. The van der Waals surface area contributed by atoms with Gasteiger partial charge in [0.15, 0.2) is 0 Å². The van der Waals surface area contributed by atoms with Gasteiger partial charge in [-0.25, -0.2) is 0 Å². The smallest absolute Gasteiger partial charge is 0.255 e. The fraction of sp³-hybridized carbons (Fsp3) is 0.533. The SMILES string of the molecule is CCC1(CC)CCN(C(=O)c2ccc(Br)cc2N)C1. The van der Waals surface area contributed by atoms with E-state index in [1.807, 2.05) is 11.0 Å². The van der Waals surface area contributed by atoms with Crippen LogP contribution in [0.5, 0.6) is 0 Å². The van der Waals surface area contributed by atoms with Gasteiger partial charge < -0.3 is 10.6 Å². The zero-order chi connectivity index (χ0) is 14.0. The van der Waals surface area contributed by atoms with Gasteiger partial charge in [-0.2, -0.15) is 0 Å². The summed E-state index contributed by atoms with van der Waals surface area (Å²) in [5.74, 6) is 0.0637. The fourth-order valence-corrected chi connectivity index (χ4v) is 3.21. The van der Waals surface area contributed by atoms with Crippen LogP contribution in [-0.2, 0) is 0 Å². The minimum Gasteiger partial charge on any atom is -0.398 e. The maximum absolute atomic E-state index is 12.5. The molecule has 4 heteroatoms. The van der Waals surface area contributed by atoms with Gasteiger partial charge in [-0.3, -0.25) is 4.79 Å². The van der Waals surface area contributed by atoms with E-state index in [0.717, 1.165) is 36.8 Å². The van der Waals surface area contributed by atoms with Crippen molar-refractivity contribution in [2.45, 2.75) is 33.1 Å². The third kappa shape index (κ3) is 2.78. The first-order chi connectivity index (χ1) is 9.01. The van der Waals surface area contributed by atoms with Crippen molar-refractivity contribution in [1.82, 2.24) is 4.90 Å². The Morgan fingerprint density at radius 1 is 1.42 bits per heavy atom. The summed E-state index contributed by atoms with van der Waals surface area (Å²) in [4.78, 5) is 14.5. The average Bonchev–Trinajstić information content (AvgIpc) is 2.83. The van der Waals surface area contributed by atoms with E-state index in [9.17, 15) is 4.79 Å². The Morgan fingerprint density at radius 3 is 2.63 bits per heavy atom. The molecule has 2 rings (SSSR count). The van der Waals surface area contributed by atoms with E-state index in [2.05, 4.69) is 29.8 Å². The van der Waals surface area contributed by atoms with Gasteiger partial charge in [-0.1, -0.05) is 29.8 Å². The van der Waals surface area contributed by atoms with Crippen LogP contribution in [0.3, 0.4) is 0 Å². The number of benzene rings is 1. The molecule has 0 aliphatic carbocycles. The summed E-state index contributed by atoms with van der Waals surface area (Å²) in [6.07, 6.45) is 3.36. The van der Waals surface area contributed by atoms with Crippen molar-refractivity contribution in [3.63, 3.8) is 0 Å². The first-order valence-corrected chi connectivity index (χ1v) is 7.65.